The molecule has 3 rings (SSSR count). The second kappa shape index (κ2) is 5.90. The summed E-state index contributed by atoms with van der Waals surface area (Å²) in [7, 11) is 0. The second-order valence-electron chi connectivity index (χ2n) is 4.88. The molecule has 0 aromatic heterocycles. The number of para-hydroxylation sites is 1. The smallest absolute Gasteiger partial charge is 0.190 e. The van der Waals surface area contributed by atoms with Gasteiger partial charge in [-0.1, -0.05) is 18.2 Å². The molecule has 0 saturated heterocycles. The molecule has 1 aliphatic heterocycles. The molecule has 0 bridgehead atoms. The molecular weight excluding hydrogens is 298 g/mol. The molecule has 0 radical (unpaired) electrons. The van der Waals surface area contributed by atoms with Gasteiger partial charge in [0, 0.05) is 11.4 Å². The minimum absolute atomic E-state index is 0.0345. The van der Waals surface area contributed by atoms with Gasteiger partial charge in [0.1, 0.15) is 5.75 Å². The zero-order valence-corrected chi connectivity index (χ0v) is 11.9. The first-order valence-corrected chi connectivity index (χ1v) is 7.11. The van der Waals surface area contributed by atoms with Gasteiger partial charge in [0.05, 0.1) is 19.1 Å². The normalized spacial score (nSPS) is 16.4. The minimum atomic E-state index is -0.738. The lowest BCUT2D eigenvalue weighted by atomic mass is 10.0. The monoisotopic (exact) mass is 310 g/mol. The zero-order valence-electron chi connectivity index (χ0n) is 11.1. The summed E-state index contributed by atoms with van der Waals surface area (Å²) in [6.45, 7) is 0.605. The third-order valence-electron chi connectivity index (χ3n) is 3.44. The Bertz CT molecular complexity index is 637. The molecule has 2 aromatic rings. The summed E-state index contributed by atoms with van der Waals surface area (Å²) in [5, 5.41) is 0. The van der Waals surface area contributed by atoms with Crippen LogP contribution < -0.4 is 9.47 Å². The fourth-order valence-electron chi connectivity index (χ4n) is 2.38. The lowest BCUT2D eigenvalue weighted by Gasteiger charge is -2.13. The van der Waals surface area contributed by atoms with Gasteiger partial charge in [-0.2, -0.15) is 0 Å². The van der Waals surface area contributed by atoms with Crippen LogP contribution in [0.2, 0.25) is 0 Å². The standard InChI is InChI=1S/C16H13ClF2O2/c17-7-10-5-13(18)16(14(19)6-10)21-9-11-8-20-15-4-2-1-3-12(11)15/h1-6,11H,7-9H2. The van der Waals surface area contributed by atoms with Crippen molar-refractivity contribution in [3.8, 4) is 11.5 Å². The minimum Gasteiger partial charge on any atom is -0.493 e. The number of halogens is 3. The van der Waals surface area contributed by atoms with Crippen LogP contribution in [0.3, 0.4) is 0 Å². The number of fused-ring (bicyclic) bond motifs is 1. The largest absolute Gasteiger partial charge is 0.493 e. The van der Waals surface area contributed by atoms with E-state index in [2.05, 4.69) is 0 Å². The zero-order chi connectivity index (χ0) is 14.8. The van der Waals surface area contributed by atoms with Crippen LogP contribution in [0.25, 0.3) is 0 Å². The Balaban J connectivity index is 1.75. The number of hydrogen-bond donors (Lipinski definition) is 0. The Morgan fingerprint density at radius 2 is 1.90 bits per heavy atom. The SMILES string of the molecule is Fc1cc(CCl)cc(F)c1OCC1COc2ccccc21. The fraction of sp³-hybridized carbons (Fsp3) is 0.250. The van der Waals surface area contributed by atoms with E-state index in [0.29, 0.717) is 12.2 Å². The molecule has 0 spiro atoms. The number of benzene rings is 2. The molecule has 0 aliphatic carbocycles. The number of alkyl halides is 1. The average molecular weight is 311 g/mol. The second-order valence-corrected chi connectivity index (χ2v) is 5.15. The van der Waals surface area contributed by atoms with Crippen molar-refractivity contribution in [2.75, 3.05) is 13.2 Å². The summed E-state index contributed by atoms with van der Waals surface area (Å²) in [6.07, 6.45) is 0. The molecule has 1 unspecified atom stereocenters. The van der Waals surface area contributed by atoms with E-state index < -0.39 is 11.6 Å². The van der Waals surface area contributed by atoms with E-state index in [9.17, 15) is 8.78 Å². The molecule has 2 aromatic carbocycles. The van der Waals surface area contributed by atoms with Gasteiger partial charge in [0.15, 0.2) is 17.4 Å². The van der Waals surface area contributed by atoms with E-state index in [-0.39, 0.29) is 24.2 Å². The van der Waals surface area contributed by atoms with Crippen molar-refractivity contribution < 1.29 is 18.3 Å². The van der Waals surface area contributed by atoms with Gasteiger partial charge in [-0.05, 0) is 23.8 Å². The van der Waals surface area contributed by atoms with Crippen molar-refractivity contribution in [3.05, 3.63) is 59.2 Å². The van der Waals surface area contributed by atoms with Crippen LogP contribution in [0.1, 0.15) is 17.0 Å². The Labute approximate surface area is 126 Å². The summed E-state index contributed by atoms with van der Waals surface area (Å²) in [4.78, 5) is 0. The maximum Gasteiger partial charge on any atom is 0.190 e. The van der Waals surface area contributed by atoms with Gasteiger partial charge in [-0.15, -0.1) is 11.6 Å². The Morgan fingerprint density at radius 3 is 2.62 bits per heavy atom. The summed E-state index contributed by atoms with van der Waals surface area (Å²) < 4.78 is 38.5. The van der Waals surface area contributed by atoms with Crippen molar-refractivity contribution in [3.63, 3.8) is 0 Å². The van der Waals surface area contributed by atoms with Gasteiger partial charge in [-0.3, -0.25) is 0 Å². The lowest BCUT2D eigenvalue weighted by Crippen LogP contribution is -2.13. The highest BCUT2D eigenvalue weighted by Gasteiger charge is 2.25. The molecule has 110 valence electrons. The van der Waals surface area contributed by atoms with Crippen LogP contribution >= 0.6 is 11.6 Å². The van der Waals surface area contributed by atoms with Gasteiger partial charge < -0.3 is 9.47 Å². The van der Waals surface area contributed by atoms with Crippen molar-refractivity contribution >= 4 is 11.6 Å². The van der Waals surface area contributed by atoms with Gasteiger partial charge >= 0.3 is 0 Å². The topological polar surface area (TPSA) is 18.5 Å². The Morgan fingerprint density at radius 1 is 1.19 bits per heavy atom. The molecule has 1 heterocycles. The van der Waals surface area contributed by atoms with Crippen molar-refractivity contribution in [2.45, 2.75) is 11.8 Å². The van der Waals surface area contributed by atoms with Crippen LogP contribution in [-0.2, 0) is 5.88 Å². The van der Waals surface area contributed by atoms with Crippen LogP contribution in [0.5, 0.6) is 11.5 Å². The van der Waals surface area contributed by atoms with Gasteiger partial charge in [0.25, 0.3) is 0 Å². The highest BCUT2D eigenvalue weighted by atomic mass is 35.5. The first kappa shape index (κ1) is 14.1. The molecular formula is C16H13ClF2O2. The molecule has 21 heavy (non-hydrogen) atoms. The molecule has 1 aliphatic rings. The van der Waals surface area contributed by atoms with Crippen LogP contribution in [-0.4, -0.2) is 13.2 Å². The number of rotatable bonds is 4. The number of ether oxygens (including phenoxy) is 2. The summed E-state index contributed by atoms with van der Waals surface area (Å²) >= 11 is 5.57. The highest BCUT2D eigenvalue weighted by molar-refractivity contribution is 6.17. The maximum absolute atomic E-state index is 13.8. The maximum atomic E-state index is 13.8. The van der Waals surface area contributed by atoms with E-state index in [1.54, 1.807) is 0 Å². The first-order chi connectivity index (χ1) is 10.2. The van der Waals surface area contributed by atoms with E-state index in [1.165, 1.54) is 12.1 Å². The molecule has 2 nitrogen and oxygen atoms in total. The summed E-state index contributed by atoms with van der Waals surface area (Å²) in [5.41, 5.74) is 1.38. The fourth-order valence-corrected chi connectivity index (χ4v) is 2.53. The average Bonchev–Trinajstić information content (AvgIpc) is 2.89. The highest BCUT2D eigenvalue weighted by Crippen LogP contribution is 2.34. The van der Waals surface area contributed by atoms with Crippen LogP contribution in [0.4, 0.5) is 8.78 Å². The summed E-state index contributed by atoms with van der Waals surface area (Å²) in [5.74, 6) is -1.03. The van der Waals surface area contributed by atoms with Crippen molar-refractivity contribution in [1.29, 1.82) is 0 Å². The van der Waals surface area contributed by atoms with Crippen LogP contribution in [0.15, 0.2) is 36.4 Å². The molecule has 0 fully saturated rings. The van der Waals surface area contributed by atoms with E-state index >= 15 is 0 Å². The Kier molecular flexibility index (Phi) is 3.97. The number of hydrogen-bond acceptors (Lipinski definition) is 2. The van der Waals surface area contributed by atoms with Crippen molar-refractivity contribution in [2.24, 2.45) is 0 Å². The Hall–Kier alpha value is -1.81. The molecule has 0 amide bonds. The molecule has 1 atom stereocenters. The van der Waals surface area contributed by atoms with Gasteiger partial charge in [-0.25, -0.2) is 8.78 Å². The van der Waals surface area contributed by atoms with E-state index in [4.69, 9.17) is 21.1 Å². The molecule has 5 heteroatoms. The molecule has 0 saturated carbocycles. The third kappa shape index (κ3) is 2.81. The molecule has 0 N–H and O–H groups in total. The summed E-state index contributed by atoms with van der Waals surface area (Å²) in [6, 6.07) is 9.95. The quantitative estimate of drug-likeness (QED) is 0.786. The predicted octanol–water partition coefficient (Wildman–Crippen LogP) is 4.26. The van der Waals surface area contributed by atoms with Gasteiger partial charge in [0.2, 0.25) is 0 Å². The van der Waals surface area contributed by atoms with E-state index in [0.717, 1.165) is 11.3 Å². The van der Waals surface area contributed by atoms with E-state index in [1.807, 2.05) is 24.3 Å². The first-order valence-electron chi connectivity index (χ1n) is 6.57. The predicted molar refractivity (Wildman–Crippen MR) is 76.1 cm³/mol. The third-order valence-corrected chi connectivity index (χ3v) is 3.75. The lowest BCUT2D eigenvalue weighted by molar-refractivity contribution is 0.232. The van der Waals surface area contributed by atoms with Crippen molar-refractivity contribution in [1.82, 2.24) is 0 Å². The van der Waals surface area contributed by atoms with Crippen LogP contribution in [0, 0.1) is 11.6 Å².